The Hall–Kier alpha value is -2.33. The molecule has 0 aliphatic heterocycles. The van der Waals surface area contributed by atoms with Crippen molar-refractivity contribution in [1.82, 2.24) is 0 Å². The van der Waals surface area contributed by atoms with E-state index < -0.39 is 0 Å². The standard InChI is InChI=1S/C34H47N/c1-5-8-10-12-14-16-22-34(23-17-15-13-11-9-6-2)32-24-27(4)18-20-30(32)31-21-19-29(25-33(31)34)28(7-3)26-35/h7,18-21,24-25H,5-6,8-17,22-23H2,1-4H3/b28-7+. The summed E-state index contributed by atoms with van der Waals surface area (Å²) in [5.74, 6) is 0. The van der Waals surface area contributed by atoms with E-state index in [2.05, 4.69) is 63.2 Å². The minimum absolute atomic E-state index is 0.0799. The summed E-state index contributed by atoms with van der Waals surface area (Å²) in [5.41, 5.74) is 9.15. The molecule has 0 N–H and O–H groups in total. The van der Waals surface area contributed by atoms with Crippen molar-refractivity contribution in [3.8, 4) is 17.2 Å². The molecule has 2 aromatic carbocycles. The van der Waals surface area contributed by atoms with Crippen LogP contribution in [0.15, 0.2) is 42.5 Å². The van der Waals surface area contributed by atoms with Crippen LogP contribution in [-0.4, -0.2) is 0 Å². The maximum atomic E-state index is 9.74. The highest BCUT2D eigenvalue weighted by Gasteiger charge is 2.42. The molecule has 0 saturated carbocycles. The third-order valence-electron chi connectivity index (χ3n) is 8.15. The quantitative estimate of drug-likeness (QED) is 0.188. The molecule has 0 spiro atoms. The molecule has 0 fully saturated rings. The smallest absolute Gasteiger partial charge is 0.0994 e. The molecule has 1 aliphatic carbocycles. The third kappa shape index (κ3) is 6.46. The lowest BCUT2D eigenvalue weighted by molar-refractivity contribution is 0.397. The minimum Gasteiger partial charge on any atom is -0.192 e. The highest BCUT2D eigenvalue weighted by atomic mass is 14.4. The van der Waals surface area contributed by atoms with Crippen molar-refractivity contribution in [1.29, 1.82) is 5.26 Å². The normalized spacial score (nSPS) is 14.0. The fourth-order valence-electron chi connectivity index (χ4n) is 6.15. The van der Waals surface area contributed by atoms with Crippen molar-refractivity contribution >= 4 is 5.57 Å². The molecule has 0 aromatic heterocycles. The number of allylic oxidation sites excluding steroid dienone is 2. The van der Waals surface area contributed by atoms with Gasteiger partial charge in [0, 0.05) is 5.41 Å². The number of benzene rings is 2. The van der Waals surface area contributed by atoms with Gasteiger partial charge in [0.1, 0.15) is 0 Å². The fraction of sp³-hybridized carbons (Fsp3) is 0.559. The lowest BCUT2D eigenvalue weighted by atomic mass is 9.70. The second-order valence-electron chi connectivity index (χ2n) is 10.7. The van der Waals surface area contributed by atoms with E-state index >= 15 is 0 Å². The van der Waals surface area contributed by atoms with Crippen LogP contribution in [0.25, 0.3) is 16.7 Å². The molecule has 35 heavy (non-hydrogen) atoms. The first-order chi connectivity index (χ1) is 17.1. The number of aryl methyl sites for hydroxylation is 1. The minimum atomic E-state index is 0.0799. The van der Waals surface area contributed by atoms with Crippen LogP contribution in [0.4, 0.5) is 0 Å². The van der Waals surface area contributed by atoms with Gasteiger partial charge >= 0.3 is 0 Å². The van der Waals surface area contributed by atoms with Gasteiger partial charge in [-0.15, -0.1) is 0 Å². The number of fused-ring (bicyclic) bond motifs is 3. The van der Waals surface area contributed by atoms with Gasteiger partial charge in [-0.05, 0) is 60.6 Å². The van der Waals surface area contributed by atoms with Crippen LogP contribution in [0, 0.1) is 18.3 Å². The monoisotopic (exact) mass is 469 g/mol. The van der Waals surface area contributed by atoms with Gasteiger partial charge in [0.15, 0.2) is 0 Å². The zero-order valence-electron chi connectivity index (χ0n) is 22.9. The van der Waals surface area contributed by atoms with Crippen LogP contribution in [0.3, 0.4) is 0 Å². The first-order valence-corrected chi connectivity index (χ1v) is 14.4. The van der Waals surface area contributed by atoms with Crippen LogP contribution in [0.5, 0.6) is 0 Å². The van der Waals surface area contributed by atoms with Crippen molar-refractivity contribution in [2.45, 2.75) is 123 Å². The second kappa shape index (κ2) is 13.7. The summed E-state index contributed by atoms with van der Waals surface area (Å²) in [4.78, 5) is 0. The van der Waals surface area contributed by atoms with Gasteiger partial charge in [0.25, 0.3) is 0 Å². The van der Waals surface area contributed by atoms with E-state index in [0.29, 0.717) is 0 Å². The number of hydrogen-bond acceptors (Lipinski definition) is 1. The zero-order valence-corrected chi connectivity index (χ0v) is 22.9. The van der Waals surface area contributed by atoms with Gasteiger partial charge in [0.2, 0.25) is 0 Å². The molecule has 0 bridgehead atoms. The predicted octanol–water partition coefficient (Wildman–Crippen LogP) is 10.7. The maximum absolute atomic E-state index is 9.74. The molecule has 0 radical (unpaired) electrons. The molecule has 0 unspecified atom stereocenters. The Kier molecular flexibility index (Phi) is 10.7. The third-order valence-corrected chi connectivity index (χ3v) is 8.15. The van der Waals surface area contributed by atoms with Gasteiger partial charge in [-0.3, -0.25) is 0 Å². The van der Waals surface area contributed by atoms with Crippen LogP contribution in [-0.2, 0) is 5.41 Å². The van der Waals surface area contributed by atoms with Crippen molar-refractivity contribution in [3.05, 3.63) is 64.7 Å². The Morgan fingerprint density at radius 1 is 0.743 bits per heavy atom. The maximum Gasteiger partial charge on any atom is 0.0994 e. The van der Waals surface area contributed by atoms with Crippen LogP contribution in [0.1, 0.15) is 133 Å². The topological polar surface area (TPSA) is 23.8 Å². The molecule has 1 nitrogen and oxygen atoms in total. The Labute approximate surface area is 215 Å². The highest BCUT2D eigenvalue weighted by molar-refractivity contribution is 5.85. The molecule has 1 heteroatoms. The van der Waals surface area contributed by atoms with Gasteiger partial charge in [0.05, 0.1) is 11.6 Å². The number of hydrogen-bond donors (Lipinski definition) is 0. The van der Waals surface area contributed by atoms with E-state index in [4.69, 9.17) is 0 Å². The van der Waals surface area contributed by atoms with Gasteiger partial charge in [-0.25, -0.2) is 0 Å². The summed E-state index contributed by atoms with van der Waals surface area (Å²) in [6.07, 6.45) is 20.4. The van der Waals surface area contributed by atoms with Gasteiger partial charge in [-0.2, -0.15) is 5.26 Å². The summed E-state index contributed by atoms with van der Waals surface area (Å²) >= 11 is 0. The molecular formula is C34H47N. The molecule has 2 aromatic rings. The number of rotatable bonds is 15. The van der Waals surface area contributed by atoms with Gasteiger partial charge < -0.3 is 0 Å². The molecule has 0 saturated heterocycles. The molecule has 1 aliphatic rings. The molecule has 0 amide bonds. The first-order valence-electron chi connectivity index (χ1n) is 14.4. The predicted molar refractivity (Wildman–Crippen MR) is 153 cm³/mol. The molecule has 0 heterocycles. The van der Waals surface area contributed by atoms with Crippen LogP contribution in [0.2, 0.25) is 0 Å². The van der Waals surface area contributed by atoms with Crippen molar-refractivity contribution in [2.75, 3.05) is 0 Å². The van der Waals surface area contributed by atoms with E-state index in [0.717, 1.165) is 11.1 Å². The van der Waals surface area contributed by atoms with E-state index in [-0.39, 0.29) is 5.41 Å². The lowest BCUT2D eigenvalue weighted by Gasteiger charge is -2.33. The van der Waals surface area contributed by atoms with E-state index in [1.165, 1.54) is 112 Å². The molecular weight excluding hydrogens is 422 g/mol. The van der Waals surface area contributed by atoms with Crippen LogP contribution >= 0.6 is 0 Å². The Bertz CT molecular complexity index is 1000. The Morgan fingerprint density at radius 2 is 1.26 bits per heavy atom. The van der Waals surface area contributed by atoms with Crippen LogP contribution < -0.4 is 0 Å². The van der Waals surface area contributed by atoms with Crippen molar-refractivity contribution in [2.24, 2.45) is 0 Å². The fourth-order valence-corrected chi connectivity index (χ4v) is 6.15. The highest BCUT2D eigenvalue weighted by Crippen LogP contribution is 2.55. The molecule has 3 rings (SSSR count). The van der Waals surface area contributed by atoms with Gasteiger partial charge in [-0.1, -0.05) is 133 Å². The average Bonchev–Trinajstić information content (AvgIpc) is 3.13. The number of nitriles is 1. The van der Waals surface area contributed by atoms with Crippen molar-refractivity contribution < 1.29 is 0 Å². The summed E-state index contributed by atoms with van der Waals surface area (Å²) in [6.45, 7) is 8.80. The zero-order chi connectivity index (χ0) is 25.1. The summed E-state index contributed by atoms with van der Waals surface area (Å²) in [6, 6.07) is 16.4. The summed E-state index contributed by atoms with van der Waals surface area (Å²) in [5, 5.41) is 9.74. The van der Waals surface area contributed by atoms with E-state index in [1.54, 1.807) is 5.56 Å². The Balaban J connectivity index is 1.97. The van der Waals surface area contributed by atoms with Crippen molar-refractivity contribution in [3.63, 3.8) is 0 Å². The summed E-state index contributed by atoms with van der Waals surface area (Å²) < 4.78 is 0. The Morgan fingerprint density at radius 3 is 1.80 bits per heavy atom. The van der Waals surface area contributed by atoms with E-state index in [9.17, 15) is 5.26 Å². The average molecular weight is 470 g/mol. The molecule has 0 atom stereocenters. The first kappa shape index (κ1) is 27.3. The summed E-state index contributed by atoms with van der Waals surface area (Å²) in [7, 11) is 0. The number of unbranched alkanes of at least 4 members (excludes halogenated alkanes) is 10. The second-order valence-corrected chi connectivity index (χ2v) is 10.7. The SMILES string of the molecule is C/C=C(\C#N)c1ccc2c(c1)C(CCCCCCCC)(CCCCCCCC)c1cc(C)ccc1-2. The largest absolute Gasteiger partial charge is 0.192 e. The number of nitrogens with zero attached hydrogens (tertiary/aromatic N) is 1. The molecule has 188 valence electrons. The lowest BCUT2D eigenvalue weighted by Crippen LogP contribution is -2.26. The van der Waals surface area contributed by atoms with E-state index in [1.807, 2.05) is 13.0 Å².